The summed E-state index contributed by atoms with van der Waals surface area (Å²) in [4.78, 5) is 12.3. The Balaban J connectivity index is 1.42. The number of aryl methyl sites for hydroxylation is 1. The largest absolute Gasteiger partial charge is 0.494 e. The van der Waals surface area contributed by atoms with Crippen molar-refractivity contribution in [3.05, 3.63) is 65.2 Å². The maximum Gasteiger partial charge on any atom is 0.220 e. The number of amides is 1. The standard InChI is InChI=1S/C24H31NO2/c1-24(2,3)19-13-15-20(16-14-19)27-17-7-12-23(26)25-22-11-6-9-18-8-4-5-10-21(18)22/h4-5,8,10,13-16,22H,6-7,9,11-12,17H2,1-3H3,(H,25,26)/t22-/m1/s1. The van der Waals surface area contributed by atoms with Gasteiger partial charge in [0.25, 0.3) is 0 Å². The van der Waals surface area contributed by atoms with Crippen LogP contribution in [0.5, 0.6) is 5.75 Å². The number of ether oxygens (including phenoxy) is 1. The second-order valence-electron chi connectivity index (χ2n) is 8.44. The van der Waals surface area contributed by atoms with Crippen molar-refractivity contribution >= 4 is 5.91 Å². The van der Waals surface area contributed by atoms with Crippen molar-refractivity contribution in [2.24, 2.45) is 0 Å². The van der Waals surface area contributed by atoms with Gasteiger partial charge < -0.3 is 10.1 Å². The van der Waals surface area contributed by atoms with Gasteiger partial charge in [-0.15, -0.1) is 0 Å². The molecule has 0 aliphatic heterocycles. The van der Waals surface area contributed by atoms with E-state index in [0.717, 1.165) is 31.4 Å². The highest BCUT2D eigenvalue weighted by Crippen LogP contribution is 2.29. The van der Waals surface area contributed by atoms with Crippen LogP contribution in [-0.4, -0.2) is 12.5 Å². The summed E-state index contributed by atoms with van der Waals surface area (Å²) in [6.45, 7) is 7.16. The minimum Gasteiger partial charge on any atom is -0.494 e. The second kappa shape index (κ2) is 8.60. The van der Waals surface area contributed by atoms with Crippen LogP contribution in [0.1, 0.15) is 69.2 Å². The van der Waals surface area contributed by atoms with E-state index in [0.29, 0.717) is 13.0 Å². The minimum atomic E-state index is 0.114. The molecule has 0 radical (unpaired) electrons. The molecule has 0 saturated carbocycles. The van der Waals surface area contributed by atoms with E-state index < -0.39 is 0 Å². The quantitative estimate of drug-likeness (QED) is 0.702. The summed E-state index contributed by atoms with van der Waals surface area (Å²) in [5, 5.41) is 3.20. The molecule has 0 saturated heterocycles. The molecule has 0 fully saturated rings. The van der Waals surface area contributed by atoms with Gasteiger partial charge in [0.05, 0.1) is 12.6 Å². The van der Waals surface area contributed by atoms with Crippen LogP contribution >= 0.6 is 0 Å². The van der Waals surface area contributed by atoms with Crippen LogP contribution in [-0.2, 0) is 16.6 Å². The van der Waals surface area contributed by atoms with Crippen LogP contribution in [0.4, 0.5) is 0 Å². The first-order chi connectivity index (χ1) is 12.9. The van der Waals surface area contributed by atoms with E-state index in [2.05, 4.69) is 62.5 Å². The first kappa shape index (κ1) is 19.5. The molecule has 3 nitrogen and oxygen atoms in total. The van der Waals surface area contributed by atoms with Crippen molar-refractivity contribution in [2.75, 3.05) is 6.61 Å². The Labute approximate surface area is 163 Å². The Hall–Kier alpha value is -2.29. The fourth-order valence-corrected chi connectivity index (χ4v) is 3.64. The summed E-state index contributed by atoms with van der Waals surface area (Å²) in [6, 6.07) is 16.9. The Morgan fingerprint density at radius 1 is 1.11 bits per heavy atom. The average Bonchev–Trinajstić information content (AvgIpc) is 2.65. The molecule has 0 spiro atoms. The fourth-order valence-electron chi connectivity index (χ4n) is 3.64. The lowest BCUT2D eigenvalue weighted by atomic mass is 9.87. The number of benzene rings is 2. The Morgan fingerprint density at radius 2 is 1.85 bits per heavy atom. The van der Waals surface area contributed by atoms with Gasteiger partial charge in [0.1, 0.15) is 5.75 Å². The summed E-state index contributed by atoms with van der Waals surface area (Å²) in [6.07, 6.45) is 4.50. The number of hydrogen-bond acceptors (Lipinski definition) is 2. The highest BCUT2D eigenvalue weighted by atomic mass is 16.5. The van der Waals surface area contributed by atoms with Gasteiger partial charge in [-0.3, -0.25) is 4.79 Å². The molecule has 2 aromatic carbocycles. The van der Waals surface area contributed by atoms with Crippen LogP contribution in [0.2, 0.25) is 0 Å². The molecule has 0 heterocycles. The van der Waals surface area contributed by atoms with Gasteiger partial charge in [0.2, 0.25) is 5.91 Å². The number of carbonyl (C=O) groups is 1. The summed E-state index contributed by atoms with van der Waals surface area (Å²) >= 11 is 0. The molecule has 144 valence electrons. The summed E-state index contributed by atoms with van der Waals surface area (Å²) in [7, 11) is 0. The van der Waals surface area contributed by atoms with Crippen LogP contribution in [0, 0.1) is 0 Å². The van der Waals surface area contributed by atoms with E-state index >= 15 is 0 Å². The molecule has 0 unspecified atom stereocenters. The number of nitrogens with one attached hydrogen (secondary N) is 1. The molecule has 0 aromatic heterocycles. The van der Waals surface area contributed by atoms with E-state index in [1.807, 2.05) is 12.1 Å². The molecule has 1 aliphatic rings. The van der Waals surface area contributed by atoms with E-state index in [9.17, 15) is 4.79 Å². The predicted molar refractivity (Wildman–Crippen MR) is 110 cm³/mol. The van der Waals surface area contributed by atoms with Gasteiger partial charge in [-0.1, -0.05) is 57.2 Å². The van der Waals surface area contributed by atoms with Crippen LogP contribution in [0.3, 0.4) is 0 Å². The maximum absolute atomic E-state index is 12.3. The number of carbonyl (C=O) groups excluding carboxylic acids is 1. The number of fused-ring (bicyclic) bond motifs is 1. The maximum atomic E-state index is 12.3. The van der Waals surface area contributed by atoms with Crippen molar-refractivity contribution in [3.63, 3.8) is 0 Å². The lowest BCUT2D eigenvalue weighted by Gasteiger charge is -2.26. The lowest BCUT2D eigenvalue weighted by Crippen LogP contribution is -2.31. The molecule has 0 bridgehead atoms. The van der Waals surface area contributed by atoms with Crippen molar-refractivity contribution in [1.29, 1.82) is 0 Å². The van der Waals surface area contributed by atoms with Gasteiger partial charge in [0.15, 0.2) is 0 Å². The van der Waals surface area contributed by atoms with Crippen LogP contribution in [0.15, 0.2) is 48.5 Å². The predicted octanol–water partition coefficient (Wildman–Crippen LogP) is 5.34. The van der Waals surface area contributed by atoms with E-state index in [1.165, 1.54) is 16.7 Å². The number of hydrogen-bond donors (Lipinski definition) is 1. The summed E-state index contributed by atoms with van der Waals surface area (Å²) in [5.41, 5.74) is 4.10. The Morgan fingerprint density at radius 3 is 2.59 bits per heavy atom. The monoisotopic (exact) mass is 365 g/mol. The van der Waals surface area contributed by atoms with Crippen molar-refractivity contribution in [1.82, 2.24) is 5.32 Å². The number of rotatable bonds is 6. The second-order valence-corrected chi connectivity index (χ2v) is 8.44. The van der Waals surface area contributed by atoms with Gasteiger partial charge >= 0.3 is 0 Å². The first-order valence-electron chi connectivity index (χ1n) is 10.0. The third-order valence-corrected chi connectivity index (χ3v) is 5.24. The minimum absolute atomic E-state index is 0.114. The lowest BCUT2D eigenvalue weighted by molar-refractivity contribution is -0.122. The fraction of sp³-hybridized carbons (Fsp3) is 0.458. The Bertz CT molecular complexity index is 759. The molecular weight excluding hydrogens is 334 g/mol. The highest BCUT2D eigenvalue weighted by Gasteiger charge is 2.21. The zero-order chi connectivity index (χ0) is 19.3. The Kier molecular flexibility index (Phi) is 6.20. The zero-order valence-electron chi connectivity index (χ0n) is 16.8. The first-order valence-corrected chi connectivity index (χ1v) is 10.0. The SMILES string of the molecule is CC(C)(C)c1ccc(OCCCC(=O)N[C@@H]2CCCc3ccccc32)cc1. The third kappa shape index (κ3) is 5.35. The van der Waals surface area contributed by atoms with Gasteiger partial charge in [-0.25, -0.2) is 0 Å². The van der Waals surface area contributed by atoms with E-state index in [1.54, 1.807) is 0 Å². The molecule has 1 atom stereocenters. The third-order valence-electron chi connectivity index (χ3n) is 5.24. The van der Waals surface area contributed by atoms with Crippen molar-refractivity contribution in [2.45, 2.75) is 64.3 Å². The molecule has 1 aliphatic carbocycles. The zero-order valence-corrected chi connectivity index (χ0v) is 16.8. The van der Waals surface area contributed by atoms with E-state index in [4.69, 9.17) is 4.74 Å². The van der Waals surface area contributed by atoms with Gasteiger partial charge in [-0.05, 0) is 59.9 Å². The van der Waals surface area contributed by atoms with Crippen molar-refractivity contribution < 1.29 is 9.53 Å². The van der Waals surface area contributed by atoms with Crippen LogP contribution in [0.25, 0.3) is 0 Å². The molecule has 3 heteroatoms. The molecule has 2 aromatic rings. The van der Waals surface area contributed by atoms with Gasteiger partial charge in [-0.2, -0.15) is 0 Å². The summed E-state index contributed by atoms with van der Waals surface area (Å²) < 4.78 is 5.79. The van der Waals surface area contributed by atoms with Crippen LogP contribution < -0.4 is 10.1 Å². The van der Waals surface area contributed by atoms with Crippen molar-refractivity contribution in [3.8, 4) is 5.75 Å². The smallest absolute Gasteiger partial charge is 0.220 e. The van der Waals surface area contributed by atoms with E-state index in [-0.39, 0.29) is 17.4 Å². The highest BCUT2D eigenvalue weighted by molar-refractivity contribution is 5.76. The normalized spacial score (nSPS) is 16.5. The molecule has 1 N–H and O–H groups in total. The summed E-state index contributed by atoms with van der Waals surface area (Å²) in [5.74, 6) is 0.980. The van der Waals surface area contributed by atoms with Gasteiger partial charge in [0, 0.05) is 6.42 Å². The molecular formula is C24H31NO2. The average molecular weight is 366 g/mol. The molecule has 3 rings (SSSR count). The topological polar surface area (TPSA) is 38.3 Å². The molecule has 1 amide bonds. The molecule has 27 heavy (non-hydrogen) atoms.